The molecule has 9 heteroatoms. The van der Waals surface area contributed by atoms with Crippen LogP contribution in [0.15, 0.2) is 34.1 Å². The van der Waals surface area contributed by atoms with Crippen LogP contribution in [-0.4, -0.2) is 42.2 Å². The lowest BCUT2D eigenvalue weighted by molar-refractivity contribution is 0.358. The van der Waals surface area contributed by atoms with E-state index in [1.54, 1.807) is 0 Å². The smallest absolute Gasteiger partial charge is 0.240 e. The Balaban J connectivity index is 0.00000288. The van der Waals surface area contributed by atoms with E-state index >= 15 is 0 Å². The zero-order valence-electron chi connectivity index (χ0n) is 13.7. The quantitative estimate of drug-likeness (QED) is 0.729. The van der Waals surface area contributed by atoms with E-state index in [0.717, 1.165) is 32.4 Å². The second kappa shape index (κ2) is 9.15. The predicted octanol–water partition coefficient (Wildman–Crippen LogP) is 1.57. The van der Waals surface area contributed by atoms with Crippen LogP contribution < -0.4 is 10.0 Å². The van der Waals surface area contributed by atoms with Gasteiger partial charge >= 0.3 is 0 Å². The molecule has 0 saturated carbocycles. The van der Waals surface area contributed by atoms with Crippen molar-refractivity contribution in [3.63, 3.8) is 0 Å². The molecule has 1 aliphatic heterocycles. The highest BCUT2D eigenvalue weighted by Gasteiger charge is 2.19. The summed E-state index contributed by atoms with van der Waals surface area (Å²) in [7, 11) is -7.11. The standard InChI is InChI=1S/C15H24N2O4S2.ClH/c1-2-22(18,19)14-6-3-7-15(11-14)23(20,21)17-10-8-13-5-4-9-16-12-13;/h3,6-7,11,13,16-17H,2,4-5,8-10,12H2,1H3;1H. The van der Waals surface area contributed by atoms with Crippen LogP contribution in [0.4, 0.5) is 0 Å². The maximum Gasteiger partial charge on any atom is 0.240 e. The largest absolute Gasteiger partial charge is 0.316 e. The lowest BCUT2D eigenvalue weighted by Crippen LogP contribution is -2.33. The summed E-state index contributed by atoms with van der Waals surface area (Å²) in [5.41, 5.74) is 0. The van der Waals surface area contributed by atoms with Gasteiger partial charge in [-0.2, -0.15) is 0 Å². The van der Waals surface area contributed by atoms with E-state index in [1.807, 2.05) is 0 Å². The summed E-state index contributed by atoms with van der Waals surface area (Å²) in [6, 6.07) is 5.52. The highest BCUT2D eigenvalue weighted by molar-refractivity contribution is 7.91. The van der Waals surface area contributed by atoms with Gasteiger partial charge in [-0.25, -0.2) is 21.6 Å². The molecule has 0 spiro atoms. The van der Waals surface area contributed by atoms with Crippen molar-refractivity contribution in [1.82, 2.24) is 10.0 Å². The minimum Gasteiger partial charge on any atom is -0.316 e. The van der Waals surface area contributed by atoms with E-state index in [9.17, 15) is 16.8 Å². The molecule has 0 radical (unpaired) electrons. The normalized spacial score (nSPS) is 18.8. The van der Waals surface area contributed by atoms with Crippen LogP contribution in [0.5, 0.6) is 0 Å². The third-order valence-electron chi connectivity index (χ3n) is 4.10. The van der Waals surface area contributed by atoms with Gasteiger partial charge in [0.1, 0.15) is 0 Å². The van der Waals surface area contributed by atoms with Crippen molar-refractivity contribution in [2.75, 3.05) is 25.4 Å². The lowest BCUT2D eigenvalue weighted by Gasteiger charge is -2.22. The monoisotopic (exact) mass is 396 g/mol. The fraction of sp³-hybridized carbons (Fsp3) is 0.600. The molecule has 2 N–H and O–H groups in total. The van der Waals surface area contributed by atoms with Crippen LogP contribution in [0.25, 0.3) is 0 Å². The van der Waals surface area contributed by atoms with Gasteiger partial charge in [0.15, 0.2) is 9.84 Å². The van der Waals surface area contributed by atoms with E-state index in [-0.39, 0.29) is 28.0 Å². The SMILES string of the molecule is CCS(=O)(=O)c1cccc(S(=O)(=O)NCCC2CCCNC2)c1.Cl. The molecule has 1 atom stereocenters. The van der Waals surface area contributed by atoms with Gasteiger partial charge < -0.3 is 5.32 Å². The van der Waals surface area contributed by atoms with Crippen molar-refractivity contribution >= 4 is 32.3 Å². The first kappa shape index (κ1) is 21.4. The van der Waals surface area contributed by atoms with Crippen molar-refractivity contribution in [2.45, 2.75) is 36.0 Å². The minimum absolute atomic E-state index is 0. The van der Waals surface area contributed by atoms with E-state index in [2.05, 4.69) is 10.0 Å². The van der Waals surface area contributed by atoms with Gasteiger partial charge in [-0.1, -0.05) is 13.0 Å². The Morgan fingerprint density at radius 1 is 1.21 bits per heavy atom. The Kier molecular flexibility index (Phi) is 8.14. The number of hydrogen-bond donors (Lipinski definition) is 2. The van der Waals surface area contributed by atoms with Crippen molar-refractivity contribution in [1.29, 1.82) is 0 Å². The Labute approximate surface area is 150 Å². The number of hydrogen-bond acceptors (Lipinski definition) is 5. The highest BCUT2D eigenvalue weighted by Crippen LogP contribution is 2.18. The zero-order chi connectivity index (χ0) is 16.9. The number of sulfonamides is 1. The molecular formula is C15H25ClN2O4S2. The topological polar surface area (TPSA) is 92.3 Å². The van der Waals surface area contributed by atoms with Gasteiger partial charge in [0.2, 0.25) is 10.0 Å². The summed E-state index contributed by atoms with van der Waals surface area (Å²) in [6.45, 7) is 3.85. The molecule has 1 heterocycles. The first-order valence-electron chi connectivity index (χ1n) is 7.88. The van der Waals surface area contributed by atoms with E-state index < -0.39 is 19.9 Å². The van der Waals surface area contributed by atoms with E-state index in [1.165, 1.54) is 31.2 Å². The molecule has 1 unspecified atom stereocenters. The van der Waals surface area contributed by atoms with Crippen molar-refractivity contribution in [3.05, 3.63) is 24.3 Å². The average Bonchev–Trinajstić information content (AvgIpc) is 2.56. The summed E-state index contributed by atoms with van der Waals surface area (Å²) < 4.78 is 51.0. The number of rotatable bonds is 7. The van der Waals surface area contributed by atoms with E-state index in [4.69, 9.17) is 0 Å². The number of piperidine rings is 1. The van der Waals surface area contributed by atoms with Crippen molar-refractivity contribution in [2.24, 2.45) is 5.92 Å². The van der Waals surface area contributed by atoms with Crippen LogP contribution in [0.2, 0.25) is 0 Å². The average molecular weight is 397 g/mol. The molecule has 1 aromatic rings. The Bertz CT molecular complexity index is 730. The predicted molar refractivity (Wildman–Crippen MR) is 96.8 cm³/mol. The summed E-state index contributed by atoms with van der Waals surface area (Å²) in [4.78, 5) is 0.0353. The third-order valence-corrected chi connectivity index (χ3v) is 7.29. The van der Waals surface area contributed by atoms with Gasteiger partial charge in [0.05, 0.1) is 15.5 Å². The van der Waals surface area contributed by atoms with Crippen LogP contribution in [0.1, 0.15) is 26.2 Å². The van der Waals surface area contributed by atoms with Crippen LogP contribution in [0, 0.1) is 5.92 Å². The third kappa shape index (κ3) is 5.70. The first-order valence-corrected chi connectivity index (χ1v) is 11.0. The molecular weight excluding hydrogens is 372 g/mol. The van der Waals surface area contributed by atoms with Gasteiger partial charge in [-0.3, -0.25) is 0 Å². The number of nitrogens with one attached hydrogen (secondary N) is 2. The summed E-state index contributed by atoms with van der Waals surface area (Å²) in [5.74, 6) is 0.428. The zero-order valence-corrected chi connectivity index (χ0v) is 16.1. The molecule has 2 rings (SSSR count). The molecule has 1 saturated heterocycles. The molecule has 138 valence electrons. The molecule has 0 aliphatic carbocycles. The molecule has 24 heavy (non-hydrogen) atoms. The lowest BCUT2D eigenvalue weighted by atomic mass is 9.96. The Hall–Kier alpha value is -0.670. The molecule has 0 amide bonds. The van der Waals surface area contributed by atoms with Gasteiger partial charge in [-0.15, -0.1) is 12.4 Å². The second-order valence-electron chi connectivity index (χ2n) is 5.78. The Morgan fingerprint density at radius 2 is 1.92 bits per heavy atom. The fourth-order valence-corrected chi connectivity index (χ4v) is 4.75. The van der Waals surface area contributed by atoms with Gasteiger partial charge in [0.25, 0.3) is 0 Å². The van der Waals surface area contributed by atoms with Gasteiger partial charge in [0, 0.05) is 6.54 Å². The van der Waals surface area contributed by atoms with Crippen LogP contribution in [-0.2, 0) is 19.9 Å². The molecule has 1 aliphatic rings. The van der Waals surface area contributed by atoms with E-state index in [0.29, 0.717) is 12.5 Å². The van der Waals surface area contributed by atoms with Crippen LogP contribution >= 0.6 is 12.4 Å². The molecule has 0 aromatic heterocycles. The van der Waals surface area contributed by atoms with Crippen molar-refractivity contribution < 1.29 is 16.8 Å². The Morgan fingerprint density at radius 3 is 2.54 bits per heavy atom. The first-order chi connectivity index (χ1) is 10.8. The number of sulfone groups is 1. The maximum absolute atomic E-state index is 12.3. The highest BCUT2D eigenvalue weighted by atomic mass is 35.5. The van der Waals surface area contributed by atoms with Crippen LogP contribution in [0.3, 0.4) is 0 Å². The minimum atomic E-state index is -3.69. The fourth-order valence-electron chi connectivity index (χ4n) is 2.65. The number of halogens is 1. The molecule has 6 nitrogen and oxygen atoms in total. The molecule has 0 bridgehead atoms. The summed E-state index contributed by atoms with van der Waals surface area (Å²) in [5, 5.41) is 3.30. The molecule has 1 aromatic carbocycles. The van der Waals surface area contributed by atoms with Gasteiger partial charge in [-0.05, 0) is 56.5 Å². The maximum atomic E-state index is 12.3. The summed E-state index contributed by atoms with van der Waals surface area (Å²) in [6.07, 6.45) is 3.01. The second-order valence-corrected chi connectivity index (χ2v) is 9.82. The molecule has 1 fully saturated rings. The van der Waals surface area contributed by atoms with Crippen molar-refractivity contribution in [3.8, 4) is 0 Å². The summed E-state index contributed by atoms with van der Waals surface area (Å²) >= 11 is 0. The number of benzene rings is 1.